The monoisotopic (exact) mass is 443 g/mol. The lowest BCUT2D eigenvalue weighted by Crippen LogP contribution is -2.14. The van der Waals surface area contributed by atoms with Crippen molar-refractivity contribution in [2.75, 3.05) is 18.2 Å². The fraction of sp³-hybridized carbons (Fsp3) is 0.158. The van der Waals surface area contributed by atoms with Gasteiger partial charge < -0.3 is 10.1 Å². The number of nitrogens with zero attached hydrogens (tertiary/aromatic N) is 4. The van der Waals surface area contributed by atoms with E-state index in [1.54, 1.807) is 24.8 Å². The molecule has 3 aromatic heterocycles. The zero-order valence-corrected chi connectivity index (χ0v) is 18.1. The molecule has 0 aliphatic carbocycles. The van der Waals surface area contributed by atoms with Gasteiger partial charge in [0.25, 0.3) is 0 Å². The number of methoxy groups -OCH3 is 1. The van der Waals surface area contributed by atoms with E-state index in [1.807, 2.05) is 40.3 Å². The summed E-state index contributed by atoms with van der Waals surface area (Å²) >= 11 is 4.42. The van der Waals surface area contributed by atoms with Crippen molar-refractivity contribution < 1.29 is 9.53 Å². The second-order valence-electron chi connectivity index (χ2n) is 5.97. The zero-order chi connectivity index (χ0) is 20.2. The summed E-state index contributed by atoms with van der Waals surface area (Å²) in [4.78, 5) is 19.2. The van der Waals surface area contributed by atoms with E-state index in [4.69, 9.17) is 4.74 Å². The first-order valence-electron chi connectivity index (χ1n) is 8.62. The molecule has 0 fully saturated rings. The molecule has 4 aromatic rings. The molecule has 0 unspecified atom stereocenters. The molecule has 7 nitrogen and oxygen atoms in total. The van der Waals surface area contributed by atoms with Crippen LogP contribution in [0.2, 0.25) is 0 Å². The largest absolute Gasteiger partial charge is 0.497 e. The number of carbonyl (C=O) groups excluding carboxylic acids is 1. The minimum Gasteiger partial charge on any atom is -0.497 e. The smallest absolute Gasteiger partial charge is 0.236 e. The summed E-state index contributed by atoms with van der Waals surface area (Å²) in [7, 11) is 1.63. The number of benzene rings is 1. The number of nitrogens with one attached hydrogen (secondary N) is 1. The van der Waals surface area contributed by atoms with Crippen LogP contribution < -0.4 is 10.1 Å². The Hall–Kier alpha value is -2.69. The maximum atomic E-state index is 12.4. The van der Waals surface area contributed by atoms with Crippen LogP contribution >= 0.6 is 34.4 Å². The van der Waals surface area contributed by atoms with Gasteiger partial charge in [0.15, 0.2) is 10.3 Å². The van der Waals surface area contributed by atoms with Crippen LogP contribution in [0, 0.1) is 6.92 Å². The molecular formula is C19H17N5O2S3. The van der Waals surface area contributed by atoms with Crippen LogP contribution in [0.4, 0.5) is 5.13 Å². The number of thiophene rings is 1. The number of thioether (sulfide) groups is 1. The number of aryl methyl sites for hydroxylation is 1. The number of rotatable bonds is 7. The third-order valence-corrected chi connectivity index (χ3v) is 6.67. The lowest BCUT2D eigenvalue weighted by molar-refractivity contribution is -0.113. The number of aromatic nitrogens is 4. The van der Waals surface area contributed by atoms with Gasteiger partial charge in [0, 0.05) is 15.9 Å². The summed E-state index contributed by atoms with van der Waals surface area (Å²) in [6.45, 7) is 2.06. The molecule has 4 rings (SSSR count). The van der Waals surface area contributed by atoms with E-state index in [9.17, 15) is 4.79 Å². The van der Waals surface area contributed by atoms with Crippen molar-refractivity contribution in [3.05, 3.63) is 53.0 Å². The third kappa shape index (κ3) is 4.66. The first-order chi connectivity index (χ1) is 14.1. The van der Waals surface area contributed by atoms with Crippen LogP contribution in [-0.2, 0) is 4.79 Å². The first kappa shape index (κ1) is 19.6. The van der Waals surface area contributed by atoms with Gasteiger partial charge >= 0.3 is 0 Å². The van der Waals surface area contributed by atoms with E-state index >= 15 is 0 Å². The van der Waals surface area contributed by atoms with Crippen LogP contribution in [0.25, 0.3) is 16.3 Å². The number of thiazole rings is 1. The normalized spacial score (nSPS) is 10.8. The Kier molecular flexibility index (Phi) is 5.93. The Labute approximate surface area is 179 Å². The molecule has 1 amide bonds. The Morgan fingerprint density at radius 1 is 1.24 bits per heavy atom. The van der Waals surface area contributed by atoms with Crippen LogP contribution in [-0.4, -0.2) is 38.5 Å². The topological polar surface area (TPSA) is 81.9 Å². The second-order valence-corrected chi connectivity index (χ2v) is 9.06. The van der Waals surface area contributed by atoms with Gasteiger partial charge in [-0.1, -0.05) is 11.8 Å². The van der Waals surface area contributed by atoms with Gasteiger partial charge in [-0.2, -0.15) is 0 Å². The Balaban J connectivity index is 1.37. The van der Waals surface area contributed by atoms with E-state index in [2.05, 4.69) is 33.5 Å². The maximum Gasteiger partial charge on any atom is 0.236 e. The molecule has 148 valence electrons. The van der Waals surface area contributed by atoms with E-state index in [1.165, 1.54) is 28.0 Å². The van der Waals surface area contributed by atoms with Crippen molar-refractivity contribution in [1.29, 1.82) is 0 Å². The maximum absolute atomic E-state index is 12.4. The van der Waals surface area contributed by atoms with Crippen molar-refractivity contribution in [2.45, 2.75) is 12.1 Å². The number of amides is 1. The predicted octanol–water partition coefficient (Wildman–Crippen LogP) is 4.50. The average molecular weight is 444 g/mol. The van der Waals surface area contributed by atoms with Gasteiger partial charge in [0.05, 0.1) is 23.4 Å². The lowest BCUT2D eigenvalue weighted by atomic mass is 10.3. The molecule has 3 heterocycles. The highest BCUT2D eigenvalue weighted by molar-refractivity contribution is 7.99. The standard InChI is InChI=1S/C19H17N5O2S3/c1-12-3-8-16(29-12)15-9-27-18(21-15)22-17(25)10-28-19-23-20-11-24(19)13-4-6-14(26-2)7-5-13/h3-9,11H,10H2,1-2H3,(H,21,22,25). The fourth-order valence-electron chi connectivity index (χ4n) is 2.54. The summed E-state index contributed by atoms with van der Waals surface area (Å²) in [5.41, 5.74) is 1.78. The molecule has 0 saturated carbocycles. The molecule has 29 heavy (non-hydrogen) atoms. The van der Waals surface area contributed by atoms with Crippen molar-refractivity contribution in [3.63, 3.8) is 0 Å². The van der Waals surface area contributed by atoms with Gasteiger partial charge in [-0.15, -0.1) is 32.9 Å². The van der Waals surface area contributed by atoms with Crippen molar-refractivity contribution in [3.8, 4) is 22.0 Å². The predicted molar refractivity (Wildman–Crippen MR) is 117 cm³/mol. The Morgan fingerprint density at radius 3 is 2.79 bits per heavy atom. The quantitative estimate of drug-likeness (QED) is 0.424. The van der Waals surface area contributed by atoms with Gasteiger partial charge in [0.2, 0.25) is 5.91 Å². The first-order valence-corrected chi connectivity index (χ1v) is 11.3. The van der Waals surface area contributed by atoms with Gasteiger partial charge in [-0.25, -0.2) is 4.98 Å². The van der Waals surface area contributed by atoms with Gasteiger partial charge in [0.1, 0.15) is 12.1 Å². The van der Waals surface area contributed by atoms with Crippen LogP contribution in [0.5, 0.6) is 5.75 Å². The van der Waals surface area contributed by atoms with Crippen LogP contribution in [0.3, 0.4) is 0 Å². The van der Waals surface area contributed by atoms with Crippen LogP contribution in [0.1, 0.15) is 4.88 Å². The number of carbonyl (C=O) groups is 1. The molecule has 0 radical (unpaired) electrons. The third-order valence-electron chi connectivity index (χ3n) is 3.94. The number of anilines is 1. The summed E-state index contributed by atoms with van der Waals surface area (Å²) in [6.07, 6.45) is 1.62. The SMILES string of the molecule is COc1ccc(-n2cnnc2SCC(=O)Nc2nc(-c3ccc(C)s3)cs2)cc1. The van der Waals surface area contributed by atoms with E-state index in [0.717, 1.165) is 22.0 Å². The summed E-state index contributed by atoms with van der Waals surface area (Å²) in [5.74, 6) is 0.848. The molecule has 0 aliphatic rings. The van der Waals surface area contributed by atoms with Gasteiger partial charge in [-0.05, 0) is 43.3 Å². The zero-order valence-electron chi connectivity index (χ0n) is 15.7. The molecule has 0 spiro atoms. The highest BCUT2D eigenvalue weighted by atomic mass is 32.2. The molecule has 1 N–H and O–H groups in total. The second kappa shape index (κ2) is 8.76. The summed E-state index contributed by atoms with van der Waals surface area (Å²) in [6, 6.07) is 11.7. The van der Waals surface area contributed by atoms with E-state index in [-0.39, 0.29) is 11.7 Å². The highest BCUT2D eigenvalue weighted by Gasteiger charge is 2.13. The number of ether oxygens (including phenoxy) is 1. The highest BCUT2D eigenvalue weighted by Crippen LogP contribution is 2.30. The Morgan fingerprint density at radius 2 is 2.07 bits per heavy atom. The summed E-state index contributed by atoms with van der Waals surface area (Å²) < 4.78 is 7.01. The molecule has 0 aliphatic heterocycles. The molecule has 1 aromatic carbocycles. The van der Waals surface area contributed by atoms with E-state index in [0.29, 0.717) is 10.3 Å². The molecular weight excluding hydrogens is 426 g/mol. The van der Waals surface area contributed by atoms with Crippen LogP contribution in [0.15, 0.2) is 53.3 Å². The molecule has 0 saturated heterocycles. The minimum absolute atomic E-state index is 0.137. The van der Waals surface area contributed by atoms with Gasteiger partial charge in [-0.3, -0.25) is 9.36 Å². The van der Waals surface area contributed by atoms with E-state index < -0.39 is 0 Å². The fourth-order valence-corrected chi connectivity index (χ4v) is 4.90. The minimum atomic E-state index is -0.137. The van der Waals surface area contributed by atoms with Crippen molar-refractivity contribution in [1.82, 2.24) is 19.7 Å². The average Bonchev–Trinajstić information content (AvgIpc) is 3.47. The van der Waals surface area contributed by atoms with Crippen molar-refractivity contribution >= 4 is 45.5 Å². The van der Waals surface area contributed by atoms with Crippen molar-refractivity contribution in [2.24, 2.45) is 0 Å². The number of hydrogen-bond donors (Lipinski definition) is 1. The molecule has 10 heteroatoms. The Bertz CT molecular complexity index is 1120. The molecule has 0 atom stereocenters. The summed E-state index contributed by atoms with van der Waals surface area (Å²) in [5, 5.41) is 14.1. The lowest BCUT2D eigenvalue weighted by Gasteiger charge is -2.07. The molecule has 0 bridgehead atoms. The number of hydrogen-bond acceptors (Lipinski definition) is 8.